The number of likely N-dealkylation sites (N-methyl/N-ethyl adjacent to an activating group) is 1. The largest absolute Gasteiger partial charge is 0.395 e. The predicted molar refractivity (Wildman–Crippen MR) is 86.4 cm³/mol. The van der Waals surface area contributed by atoms with E-state index in [2.05, 4.69) is 72.6 Å². The summed E-state index contributed by atoms with van der Waals surface area (Å²) in [4.78, 5) is 2.24. The summed E-state index contributed by atoms with van der Waals surface area (Å²) in [5.74, 6) is 1.86. The van der Waals surface area contributed by atoms with Crippen molar-refractivity contribution in [2.45, 2.75) is 11.8 Å². The van der Waals surface area contributed by atoms with Crippen LogP contribution in [0.3, 0.4) is 0 Å². The maximum Gasteiger partial charge on any atom is 0.0558 e. The van der Waals surface area contributed by atoms with Crippen molar-refractivity contribution < 1.29 is 5.11 Å². The Bertz CT molecular complexity index is 509. The summed E-state index contributed by atoms with van der Waals surface area (Å²) in [7, 11) is 2.10. The van der Waals surface area contributed by atoms with E-state index in [1.54, 1.807) is 0 Å². The number of rotatable bonds is 6. The monoisotopic (exact) mass is 281 g/mol. The van der Waals surface area contributed by atoms with Crippen molar-refractivity contribution in [3.63, 3.8) is 0 Å². The molecule has 1 saturated carbocycles. The Morgan fingerprint density at radius 3 is 1.76 bits per heavy atom. The van der Waals surface area contributed by atoms with Gasteiger partial charge in [-0.15, -0.1) is 0 Å². The molecule has 0 aromatic heterocycles. The Morgan fingerprint density at radius 2 is 1.33 bits per heavy atom. The first kappa shape index (κ1) is 14.3. The summed E-state index contributed by atoms with van der Waals surface area (Å²) < 4.78 is 0. The lowest BCUT2D eigenvalue weighted by Gasteiger charge is -2.14. The van der Waals surface area contributed by atoms with Crippen LogP contribution in [0.1, 0.15) is 23.0 Å². The van der Waals surface area contributed by atoms with Crippen LogP contribution < -0.4 is 0 Å². The standard InChI is InChI=1S/C19H23NO/c1-20(12-13-21)14-17-18(15-8-4-2-5-9-15)19(17)16-10-6-3-7-11-16/h2-11,17-19,21H,12-14H2,1H3. The minimum absolute atomic E-state index is 0.231. The van der Waals surface area contributed by atoms with Gasteiger partial charge in [-0.2, -0.15) is 0 Å². The molecule has 3 rings (SSSR count). The third-order valence-electron chi connectivity index (χ3n) is 4.54. The van der Waals surface area contributed by atoms with Gasteiger partial charge in [0.15, 0.2) is 0 Å². The van der Waals surface area contributed by atoms with Crippen molar-refractivity contribution in [3.05, 3.63) is 71.8 Å². The number of benzene rings is 2. The van der Waals surface area contributed by atoms with Gasteiger partial charge in [0, 0.05) is 13.1 Å². The van der Waals surface area contributed by atoms with E-state index in [0.29, 0.717) is 17.8 Å². The molecule has 0 heterocycles. The van der Waals surface area contributed by atoms with Crippen molar-refractivity contribution in [1.29, 1.82) is 0 Å². The minimum Gasteiger partial charge on any atom is -0.395 e. The molecule has 2 unspecified atom stereocenters. The fraction of sp³-hybridized carbons (Fsp3) is 0.368. The Hall–Kier alpha value is -1.64. The van der Waals surface area contributed by atoms with Crippen molar-refractivity contribution in [1.82, 2.24) is 4.90 Å². The Morgan fingerprint density at radius 1 is 0.857 bits per heavy atom. The Balaban J connectivity index is 1.79. The van der Waals surface area contributed by atoms with Crippen LogP contribution in [0.5, 0.6) is 0 Å². The zero-order chi connectivity index (χ0) is 14.7. The van der Waals surface area contributed by atoms with Gasteiger partial charge in [0.1, 0.15) is 0 Å². The van der Waals surface area contributed by atoms with E-state index in [0.717, 1.165) is 13.1 Å². The van der Waals surface area contributed by atoms with Crippen LogP contribution in [0, 0.1) is 5.92 Å². The molecule has 0 spiro atoms. The van der Waals surface area contributed by atoms with Gasteiger partial charge in [-0.3, -0.25) is 0 Å². The second-order valence-corrected chi connectivity index (χ2v) is 6.02. The molecule has 2 aromatic carbocycles. The highest BCUT2D eigenvalue weighted by Gasteiger charge is 2.51. The molecule has 0 saturated heterocycles. The van der Waals surface area contributed by atoms with Crippen LogP contribution in [0.4, 0.5) is 0 Å². The molecular formula is C19H23NO. The molecule has 110 valence electrons. The van der Waals surface area contributed by atoms with Gasteiger partial charge in [-0.25, -0.2) is 0 Å². The normalized spacial score (nSPS) is 24.2. The van der Waals surface area contributed by atoms with E-state index in [4.69, 9.17) is 5.11 Å². The zero-order valence-electron chi connectivity index (χ0n) is 12.5. The predicted octanol–water partition coefficient (Wildman–Crippen LogP) is 3.11. The number of aliphatic hydroxyl groups is 1. The second-order valence-electron chi connectivity index (χ2n) is 6.02. The molecule has 0 radical (unpaired) electrons. The Labute approximate surface area is 127 Å². The molecule has 21 heavy (non-hydrogen) atoms. The van der Waals surface area contributed by atoms with Crippen molar-refractivity contribution in [2.24, 2.45) is 5.92 Å². The van der Waals surface area contributed by atoms with Crippen molar-refractivity contribution >= 4 is 0 Å². The lowest BCUT2D eigenvalue weighted by Crippen LogP contribution is -2.25. The molecule has 1 fully saturated rings. The van der Waals surface area contributed by atoms with Crippen LogP contribution in [-0.2, 0) is 0 Å². The van der Waals surface area contributed by atoms with Gasteiger partial charge in [0.25, 0.3) is 0 Å². The summed E-state index contributed by atoms with van der Waals surface area (Å²) in [6.07, 6.45) is 0. The van der Waals surface area contributed by atoms with Gasteiger partial charge in [-0.05, 0) is 35.9 Å². The minimum atomic E-state index is 0.231. The first-order valence-corrected chi connectivity index (χ1v) is 7.70. The maximum absolute atomic E-state index is 9.09. The topological polar surface area (TPSA) is 23.5 Å². The quantitative estimate of drug-likeness (QED) is 0.879. The van der Waals surface area contributed by atoms with Gasteiger partial charge >= 0.3 is 0 Å². The summed E-state index contributed by atoms with van der Waals surface area (Å²) in [5.41, 5.74) is 2.88. The first-order chi connectivity index (χ1) is 10.3. The molecule has 1 aliphatic rings. The fourth-order valence-electron chi connectivity index (χ4n) is 3.48. The third-order valence-corrected chi connectivity index (χ3v) is 4.54. The molecule has 2 nitrogen and oxygen atoms in total. The highest BCUT2D eigenvalue weighted by molar-refractivity contribution is 5.39. The number of aliphatic hydroxyl groups excluding tert-OH is 1. The summed E-state index contributed by atoms with van der Waals surface area (Å²) >= 11 is 0. The summed E-state index contributed by atoms with van der Waals surface area (Å²) in [6, 6.07) is 21.6. The van der Waals surface area contributed by atoms with Crippen LogP contribution in [-0.4, -0.2) is 36.8 Å². The molecule has 2 heteroatoms. The molecule has 1 aliphatic carbocycles. The molecule has 2 aromatic rings. The SMILES string of the molecule is CN(CCO)CC1C(c2ccccc2)C1c1ccccc1. The van der Waals surface area contributed by atoms with E-state index in [9.17, 15) is 0 Å². The van der Waals surface area contributed by atoms with Gasteiger partial charge in [-0.1, -0.05) is 60.7 Å². The molecule has 0 bridgehead atoms. The molecular weight excluding hydrogens is 258 g/mol. The zero-order valence-corrected chi connectivity index (χ0v) is 12.5. The van der Waals surface area contributed by atoms with E-state index in [1.165, 1.54) is 11.1 Å². The van der Waals surface area contributed by atoms with Crippen molar-refractivity contribution in [3.8, 4) is 0 Å². The van der Waals surface area contributed by atoms with Gasteiger partial charge in [0.05, 0.1) is 6.61 Å². The van der Waals surface area contributed by atoms with Crippen LogP contribution >= 0.6 is 0 Å². The van der Waals surface area contributed by atoms with Crippen LogP contribution in [0.25, 0.3) is 0 Å². The maximum atomic E-state index is 9.09. The molecule has 0 aliphatic heterocycles. The lowest BCUT2D eigenvalue weighted by atomic mass is 10.0. The highest BCUT2D eigenvalue weighted by Crippen LogP contribution is 2.60. The third kappa shape index (κ3) is 3.17. The smallest absolute Gasteiger partial charge is 0.0558 e. The fourth-order valence-corrected chi connectivity index (χ4v) is 3.48. The number of nitrogens with zero attached hydrogens (tertiary/aromatic N) is 1. The summed E-state index contributed by atoms with van der Waals surface area (Å²) in [6.45, 7) is 2.02. The van der Waals surface area contributed by atoms with E-state index in [1.807, 2.05) is 0 Å². The van der Waals surface area contributed by atoms with E-state index >= 15 is 0 Å². The first-order valence-electron chi connectivity index (χ1n) is 7.70. The highest BCUT2D eigenvalue weighted by atomic mass is 16.3. The molecule has 0 amide bonds. The van der Waals surface area contributed by atoms with Gasteiger partial charge < -0.3 is 10.0 Å². The van der Waals surface area contributed by atoms with E-state index < -0.39 is 0 Å². The lowest BCUT2D eigenvalue weighted by molar-refractivity contribution is 0.215. The van der Waals surface area contributed by atoms with Crippen molar-refractivity contribution in [2.75, 3.05) is 26.7 Å². The average molecular weight is 281 g/mol. The summed E-state index contributed by atoms with van der Waals surface area (Å²) in [5, 5.41) is 9.09. The number of hydrogen-bond donors (Lipinski definition) is 1. The second kappa shape index (κ2) is 6.42. The van der Waals surface area contributed by atoms with E-state index in [-0.39, 0.29) is 6.61 Å². The molecule has 1 N–H and O–H groups in total. The number of hydrogen-bond acceptors (Lipinski definition) is 2. The molecule has 2 atom stereocenters. The Kier molecular flexibility index (Phi) is 4.37. The van der Waals surface area contributed by atoms with Gasteiger partial charge in [0.2, 0.25) is 0 Å². The van der Waals surface area contributed by atoms with Crippen LogP contribution in [0.15, 0.2) is 60.7 Å². The van der Waals surface area contributed by atoms with Crippen LogP contribution in [0.2, 0.25) is 0 Å². The average Bonchev–Trinajstić information content (AvgIpc) is 3.23.